The summed E-state index contributed by atoms with van der Waals surface area (Å²) in [5, 5.41) is -0.273. The Balaban J connectivity index is 3.39. The summed E-state index contributed by atoms with van der Waals surface area (Å²) in [5.41, 5.74) is 0. The van der Waals surface area contributed by atoms with Gasteiger partial charge in [-0.15, -0.1) is 0 Å². The Morgan fingerprint density at radius 3 is 2.58 bits per heavy atom. The number of halogens is 1. The van der Waals surface area contributed by atoms with Crippen LogP contribution in [0.15, 0.2) is 11.1 Å². The number of rotatable bonds is 1. The minimum Gasteiger partial charge on any atom is -0.282 e. The number of aromatic nitrogens is 2. The molecule has 0 unspecified atom stereocenters. The Hall–Kier alpha value is -0.720. The second-order valence-electron chi connectivity index (χ2n) is 2.05. The van der Waals surface area contributed by atoms with E-state index in [1.807, 2.05) is 0 Å². The van der Waals surface area contributed by atoms with Crippen LogP contribution in [0.5, 0.6) is 0 Å². The van der Waals surface area contributed by atoms with Crippen molar-refractivity contribution in [3.63, 3.8) is 0 Å². The molecule has 1 aromatic heterocycles. The summed E-state index contributed by atoms with van der Waals surface area (Å²) in [6, 6.07) is 0. The van der Waals surface area contributed by atoms with Gasteiger partial charge in [0.1, 0.15) is 10.7 Å². The summed E-state index contributed by atoms with van der Waals surface area (Å²) in [6.07, 6.45) is 0.958. The van der Waals surface area contributed by atoms with Crippen molar-refractivity contribution < 1.29 is 13.0 Å². The summed E-state index contributed by atoms with van der Waals surface area (Å²) < 4.78 is 29.7. The van der Waals surface area contributed by atoms with E-state index in [2.05, 4.69) is 9.97 Å². The lowest BCUT2D eigenvalue weighted by atomic mass is 10.6. The molecule has 12 heavy (non-hydrogen) atoms. The molecule has 1 N–H and O–H groups in total. The fourth-order valence-corrected chi connectivity index (χ4v) is 1.51. The Morgan fingerprint density at radius 2 is 2.17 bits per heavy atom. The van der Waals surface area contributed by atoms with E-state index in [1.54, 1.807) is 6.92 Å². The highest BCUT2D eigenvalue weighted by molar-refractivity contribution is 7.86. The molecule has 0 amide bonds. The second-order valence-corrected chi connectivity index (χ2v) is 3.80. The SMILES string of the molecule is Cc1ncc(S(=O)(=O)O)c(Cl)n1. The Kier molecular flexibility index (Phi) is 2.31. The molecule has 0 radical (unpaired) electrons. The van der Waals surface area contributed by atoms with Crippen molar-refractivity contribution in [3.8, 4) is 0 Å². The van der Waals surface area contributed by atoms with Crippen LogP contribution >= 0.6 is 11.6 Å². The van der Waals surface area contributed by atoms with E-state index < -0.39 is 15.0 Å². The summed E-state index contributed by atoms with van der Waals surface area (Å²) in [4.78, 5) is 6.65. The lowest BCUT2D eigenvalue weighted by Crippen LogP contribution is -2.02. The van der Waals surface area contributed by atoms with E-state index in [0.717, 1.165) is 6.20 Å². The molecule has 1 heterocycles. The van der Waals surface area contributed by atoms with Crippen molar-refractivity contribution in [1.82, 2.24) is 9.97 Å². The standard InChI is InChI=1S/C5H5ClN2O3S/c1-3-7-2-4(5(6)8-3)12(9,10)11/h2H,1H3,(H,9,10,11). The van der Waals surface area contributed by atoms with Crippen LogP contribution in [-0.2, 0) is 10.1 Å². The van der Waals surface area contributed by atoms with E-state index in [-0.39, 0.29) is 5.15 Å². The van der Waals surface area contributed by atoms with Gasteiger partial charge >= 0.3 is 0 Å². The fourth-order valence-electron chi connectivity index (χ4n) is 0.604. The largest absolute Gasteiger partial charge is 0.299 e. The zero-order valence-electron chi connectivity index (χ0n) is 6.02. The lowest BCUT2D eigenvalue weighted by Gasteiger charge is -1.98. The van der Waals surface area contributed by atoms with Crippen LogP contribution in [0.4, 0.5) is 0 Å². The predicted octanol–water partition coefficient (Wildman–Crippen LogP) is 0.685. The van der Waals surface area contributed by atoms with Crippen LogP contribution in [-0.4, -0.2) is 22.9 Å². The van der Waals surface area contributed by atoms with Crippen LogP contribution in [0.3, 0.4) is 0 Å². The molecule has 0 fully saturated rings. The van der Waals surface area contributed by atoms with Gasteiger partial charge in [-0.05, 0) is 6.92 Å². The molecular weight excluding hydrogens is 204 g/mol. The molecule has 7 heteroatoms. The Labute approximate surface area is 74.2 Å². The van der Waals surface area contributed by atoms with Gasteiger partial charge in [0.15, 0.2) is 5.15 Å². The molecule has 1 aromatic rings. The average molecular weight is 209 g/mol. The molecule has 0 saturated carbocycles. The fraction of sp³-hybridized carbons (Fsp3) is 0.200. The maximum absolute atomic E-state index is 10.6. The third kappa shape index (κ3) is 1.90. The maximum atomic E-state index is 10.6. The first-order valence-corrected chi connectivity index (χ1v) is 4.69. The normalized spacial score (nSPS) is 11.6. The van der Waals surface area contributed by atoms with Crippen LogP contribution in [0, 0.1) is 6.92 Å². The molecule has 0 saturated heterocycles. The molecule has 0 spiro atoms. The van der Waals surface area contributed by atoms with E-state index in [9.17, 15) is 8.42 Å². The van der Waals surface area contributed by atoms with Crippen molar-refractivity contribution in [1.29, 1.82) is 0 Å². The molecule has 0 aliphatic heterocycles. The summed E-state index contributed by atoms with van der Waals surface area (Å²) in [6.45, 7) is 1.56. The minimum atomic E-state index is -4.31. The second kappa shape index (κ2) is 2.96. The van der Waals surface area contributed by atoms with Crippen LogP contribution in [0.25, 0.3) is 0 Å². The Bertz CT molecular complexity index is 403. The molecule has 1 rings (SSSR count). The van der Waals surface area contributed by atoms with E-state index >= 15 is 0 Å². The van der Waals surface area contributed by atoms with Crippen molar-refractivity contribution in [2.45, 2.75) is 11.8 Å². The van der Waals surface area contributed by atoms with Gasteiger partial charge in [0, 0.05) is 0 Å². The zero-order chi connectivity index (χ0) is 9.35. The number of aryl methyl sites for hydroxylation is 1. The highest BCUT2D eigenvalue weighted by atomic mass is 35.5. The van der Waals surface area contributed by atoms with E-state index in [0.29, 0.717) is 5.82 Å². The molecular formula is C5H5ClN2O3S. The highest BCUT2D eigenvalue weighted by Crippen LogP contribution is 2.16. The van der Waals surface area contributed by atoms with Gasteiger partial charge in [-0.2, -0.15) is 8.42 Å². The minimum absolute atomic E-state index is 0.273. The first-order chi connectivity index (χ1) is 5.41. The molecule has 0 aromatic carbocycles. The van der Waals surface area contributed by atoms with Gasteiger partial charge < -0.3 is 0 Å². The smallest absolute Gasteiger partial charge is 0.282 e. The quantitative estimate of drug-likeness (QED) is 0.542. The monoisotopic (exact) mass is 208 g/mol. The predicted molar refractivity (Wildman–Crippen MR) is 41.6 cm³/mol. The number of hydrogen-bond donors (Lipinski definition) is 1. The zero-order valence-corrected chi connectivity index (χ0v) is 7.59. The van der Waals surface area contributed by atoms with Gasteiger partial charge in [0.05, 0.1) is 6.20 Å². The maximum Gasteiger partial charge on any atom is 0.299 e. The molecule has 5 nitrogen and oxygen atoms in total. The topological polar surface area (TPSA) is 80.2 Å². The summed E-state index contributed by atoms with van der Waals surface area (Å²) in [7, 11) is -4.31. The molecule has 0 atom stereocenters. The highest BCUT2D eigenvalue weighted by Gasteiger charge is 2.15. The van der Waals surface area contributed by atoms with Crippen molar-refractivity contribution in [3.05, 3.63) is 17.2 Å². The first-order valence-electron chi connectivity index (χ1n) is 2.88. The van der Waals surface area contributed by atoms with E-state index in [1.165, 1.54) is 0 Å². The van der Waals surface area contributed by atoms with Crippen LogP contribution < -0.4 is 0 Å². The molecule has 66 valence electrons. The number of nitrogens with zero attached hydrogens (tertiary/aromatic N) is 2. The van der Waals surface area contributed by atoms with Gasteiger partial charge in [-0.1, -0.05) is 11.6 Å². The third-order valence-corrected chi connectivity index (χ3v) is 2.36. The van der Waals surface area contributed by atoms with Crippen molar-refractivity contribution in [2.24, 2.45) is 0 Å². The average Bonchev–Trinajstić information content (AvgIpc) is 1.83. The van der Waals surface area contributed by atoms with Gasteiger partial charge in [-0.25, -0.2) is 9.97 Å². The molecule has 0 bridgehead atoms. The van der Waals surface area contributed by atoms with Crippen LogP contribution in [0.2, 0.25) is 5.15 Å². The van der Waals surface area contributed by atoms with Gasteiger partial charge in [0.25, 0.3) is 10.1 Å². The molecule has 0 aliphatic carbocycles. The van der Waals surface area contributed by atoms with Gasteiger partial charge in [0.2, 0.25) is 0 Å². The van der Waals surface area contributed by atoms with Crippen LogP contribution in [0.1, 0.15) is 5.82 Å². The summed E-state index contributed by atoms with van der Waals surface area (Å²) in [5.74, 6) is 0.340. The van der Waals surface area contributed by atoms with E-state index in [4.69, 9.17) is 16.2 Å². The van der Waals surface area contributed by atoms with Crippen molar-refractivity contribution in [2.75, 3.05) is 0 Å². The third-order valence-electron chi connectivity index (χ3n) is 1.11. The summed E-state index contributed by atoms with van der Waals surface area (Å²) >= 11 is 5.42. The molecule has 0 aliphatic rings. The number of hydrogen-bond acceptors (Lipinski definition) is 4. The Morgan fingerprint density at radius 1 is 1.58 bits per heavy atom. The lowest BCUT2D eigenvalue weighted by molar-refractivity contribution is 0.482. The first kappa shape index (κ1) is 9.37. The van der Waals surface area contributed by atoms with Crippen molar-refractivity contribution >= 4 is 21.7 Å². The van der Waals surface area contributed by atoms with Gasteiger partial charge in [-0.3, -0.25) is 4.55 Å².